The predicted octanol–water partition coefficient (Wildman–Crippen LogP) is 0.742. The van der Waals surface area contributed by atoms with Crippen molar-refractivity contribution < 1.29 is 4.84 Å². The molecule has 0 spiro atoms. The van der Waals surface area contributed by atoms with Crippen LogP contribution in [0.5, 0.6) is 0 Å². The lowest BCUT2D eigenvalue weighted by atomic mass is 10.6. The summed E-state index contributed by atoms with van der Waals surface area (Å²) >= 11 is 0. The van der Waals surface area contributed by atoms with Gasteiger partial charge in [-0.3, -0.25) is 0 Å². The summed E-state index contributed by atoms with van der Waals surface area (Å²) in [7, 11) is 0. The molecule has 4 heteroatoms. The molecule has 1 aromatic heterocycles. The highest BCUT2D eigenvalue weighted by Crippen LogP contribution is 2.10. The van der Waals surface area contributed by atoms with Crippen LogP contribution < -0.4 is 10.6 Å². The van der Waals surface area contributed by atoms with Gasteiger partial charge in [-0.1, -0.05) is 5.59 Å². The molecular weight excluding hydrogens is 130 g/mol. The molecule has 0 fully saturated rings. The normalized spacial score (nSPS) is 15.8. The van der Waals surface area contributed by atoms with E-state index in [1.807, 2.05) is 18.3 Å². The minimum atomic E-state index is 0.953. The van der Waals surface area contributed by atoms with E-state index >= 15 is 0 Å². The van der Waals surface area contributed by atoms with Gasteiger partial charge < -0.3 is 9.82 Å². The fraction of sp³-hybridized carbons (Fsp3) is 0. The number of aromatic nitrogens is 1. The van der Waals surface area contributed by atoms with Gasteiger partial charge in [0.25, 0.3) is 0 Å². The third-order valence-corrected chi connectivity index (χ3v) is 1.27. The summed E-state index contributed by atoms with van der Waals surface area (Å²) in [4.78, 5) is 7.77. The second-order valence-corrected chi connectivity index (χ2v) is 1.92. The number of nitrogens with zero attached hydrogens (tertiary/aromatic N) is 1. The lowest BCUT2D eigenvalue weighted by Gasteiger charge is -2.09. The van der Waals surface area contributed by atoms with Gasteiger partial charge in [-0.05, 0) is 12.1 Å². The van der Waals surface area contributed by atoms with Crippen molar-refractivity contribution >= 4 is 5.82 Å². The standard InChI is InChI=1S/C6H7N3O/c1-2-6(7-3-1)9-4-5-10-8-9/h1-5,7-8H. The van der Waals surface area contributed by atoms with E-state index < -0.39 is 0 Å². The first kappa shape index (κ1) is 5.37. The van der Waals surface area contributed by atoms with Gasteiger partial charge in [-0.15, -0.1) is 0 Å². The molecule has 0 atom stereocenters. The van der Waals surface area contributed by atoms with Gasteiger partial charge in [0.05, 0.1) is 6.20 Å². The molecule has 1 aliphatic heterocycles. The van der Waals surface area contributed by atoms with Crippen LogP contribution in [0.15, 0.2) is 30.8 Å². The molecule has 0 saturated carbocycles. The van der Waals surface area contributed by atoms with Gasteiger partial charge in [0.2, 0.25) is 0 Å². The van der Waals surface area contributed by atoms with Crippen LogP contribution in [0, 0.1) is 0 Å². The molecule has 2 rings (SSSR count). The van der Waals surface area contributed by atoms with Crippen molar-refractivity contribution in [2.24, 2.45) is 0 Å². The first-order chi connectivity index (χ1) is 4.97. The fourth-order valence-electron chi connectivity index (χ4n) is 0.809. The molecule has 10 heavy (non-hydrogen) atoms. The Bertz CT molecular complexity index is 229. The number of rotatable bonds is 1. The molecule has 0 bridgehead atoms. The van der Waals surface area contributed by atoms with E-state index in [9.17, 15) is 0 Å². The zero-order valence-corrected chi connectivity index (χ0v) is 5.24. The first-order valence-corrected chi connectivity index (χ1v) is 2.97. The Kier molecular flexibility index (Phi) is 1.11. The Hall–Kier alpha value is -1.42. The van der Waals surface area contributed by atoms with Crippen molar-refractivity contribution in [2.45, 2.75) is 0 Å². The summed E-state index contributed by atoms with van der Waals surface area (Å²) < 4.78 is 0. The summed E-state index contributed by atoms with van der Waals surface area (Å²) in [6.45, 7) is 0. The van der Waals surface area contributed by atoms with Crippen LogP contribution in [0.2, 0.25) is 0 Å². The van der Waals surface area contributed by atoms with E-state index in [-0.39, 0.29) is 0 Å². The molecule has 0 saturated heterocycles. The van der Waals surface area contributed by atoms with Gasteiger partial charge in [-0.25, -0.2) is 5.01 Å². The molecule has 4 nitrogen and oxygen atoms in total. The van der Waals surface area contributed by atoms with Crippen LogP contribution in [0.1, 0.15) is 0 Å². The molecule has 52 valence electrons. The predicted molar refractivity (Wildman–Crippen MR) is 36.6 cm³/mol. The highest BCUT2D eigenvalue weighted by atomic mass is 16.7. The van der Waals surface area contributed by atoms with E-state index in [1.165, 1.54) is 0 Å². The first-order valence-electron chi connectivity index (χ1n) is 2.97. The topological polar surface area (TPSA) is 40.3 Å². The van der Waals surface area contributed by atoms with E-state index in [0.717, 1.165) is 5.82 Å². The van der Waals surface area contributed by atoms with Crippen LogP contribution in [0.3, 0.4) is 0 Å². The quantitative estimate of drug-likeness (QED) is 0.599. The average Bonchev–Trinajstić information content (AvgIpc) is 2.59. The zero-order chi connectivity index (χ0) is 6.81. The second-order valence-electron chi connectivity index (χ2n) is 1.92. The van der Waals surface area contributed by atoms with Crippen LogP contribution in [0.25, 0.3) is 0 Å². The third-order valence-electron chi connectivity index (χ3n) is 1.27. The average molecular weight is 137 g/mol. The van der Waals surface area contributed by atoms with Gasteiger partial charge in [-0.2, -0.15) is 0 Å². The zero-order valence-electron chi connectivity index (χ0n) is 5.24. The third kappa shape index (κ3) is 0.745. The lowest BCUT2D eigenvalue weighted by Crippen LogP contribution is -2.26. The van der Waals surface area contributed by atoms with E-state index in [2.05, 4.69) is 10.6 Å². The summed E-state index contributed by atoms with van der Waals surface area (Å²) in [6, 6.07) is 3.86. The lowest BCUT2D eigenvalue weighted by molar-refractivity contribution is 0.158. The number of hydrogen-bond donors (Lipinski definition) is 2. The largest absolute Gasteiger partial charge is 0.395 e. The molecular formula is C6H7N3O. The van der Waals surface area contributed by atoms with E-state index in [0.29, 0.717) is 0 Å². The Balaban J connectivity index is 2.20. The van der Waals surface area contributed by atoms with Gasteiger partial charge >= 0.3 is 0 Å². The number of anilines is 1. The second kappa shape index (κ2) is 2.07. The monoisotopic (exact) mass is 137 g/mol. The maximum Gasteiger partial charge on any atom is 0.131 e. The van der Waals surface area contributed by atoms with E-state index in [1.54, 1.807) is 17.5 Å². The molecule has 0 unspecified atom stereocenters. The molecule has 0 radical (unpaired) electrons. The molecule has 1 aliphatic rings. The van der Waals surface area contributed by atoms with Crippen molar-refractivity contribution in [2.75, 3.05) is 5.01 Å². The Morgan fingerprint density at radius 3 is 3.10 bits per heavy atom. The maximum atomic E-state index is 4.76. The molecule has 0 amide bonds. The van der Waals surface area contributed by atoms with Crippen molar-refractivity contribution in [3.8, 4) is 0 Å². The molecule has 1 aromatic rings. The van der Waals surface area contributed by atoms with Crippen molar-refractivity contribution in [3.63, 3.8) is 0 Å². The maximum absolute atomic E-state index is 4.76. The summed E-state index contributed by atoms with van der Waals surface area (Å²) in [6.07, 6.45) is 5.20. The number of aromatic amines is 1. The number of hydrazine groups is 1. The minimum Gasteiger partial charge on any atom is -0.395 e. The van der Waals surface area contributed by atoms with Crippen molar-refractivity contribution in [1.82, 2.24) is 10.6 Å². The van der Waals surface area contributed by atoms with Crippen molar-refractivity contribution in [1.29, 1.82) is 0 Å². The van der Waals surface area contributed by atoms with Crippen LogP contribution in [-0.4, -0.2) is 4.98 Å². The molecule has 0 aromatic carbocycles. The smallest absolute Gasteiger partial charge is 0.131 e. The van der Waals surface area contributed by atoms with Gasteiger partial charge in [0.1, 0.15) is 12.1 Å². The SMILES string of the molecule is C1=CN(c2ccc[nH]2)NO1. The van der Waals surface area contributed by atoms with Gasteiger partial charge in [0.15, 0.2) is 0 Å². The van der Waals surface area contributed by atoms with Crippen LogP contribution in [0.4, 0.5) is 5.82 Å². The summed E-state index contributed by atoms with van der Waals surface area (Å²) in [5.41, 5.74) is 2.65. The van der Waals surface area contributed by atoms with Crippen LogP contribution in [-0.2, 0) is 4.84 Å². The fourth-order valence-corrected chi connectivity index (χ4v) is 0.809. The highest BCUT2D eigenvalue weighted by Gasteiger charge is 2.05. The Morgan fingerprint density at radius 2 is 2.50 bits per heavy atom. The Labute approximate surface area is 58.0 Å². The van der Waals surface area contributed by atoms with Crippen LogP contribution >= 0.6 is 0 Å². The number of H-pyrrole nitrogens is 1. The van der Waals surface area contributed by atoms with E-state index in [4.69, 9.17) is 4.84 Å². The summed E-state index contributed by atoms with van der Waals surface area (Å²) in [5.74, 6) is 0.953. The minimum absolute atomic E-state index is 0.953. The number of nitrogens with one attached hydrogen (secondary N) is 2. The molecule has 2 N–H and O–H groups in total. The Morgan fingerprint density at radius 1 is 1.50 bits per heavy atom. The van der Waals surface area contributed by atoms with Gasteiger partial charge in [0, 0.05) is 6.20 Å². The highest BCUT2D eigenvalue weighted by molar-refractivity contribution is 5.40. The molecule has 2 heterocycles. The molecule has 0 aliphatic carbocycles. The van der Waals surface area contributed by atoms with Crippen molar-refractivity contribution in [3.05, 3.63) is 30.8 Å². The summed E-state index contributed by atoms with van der Waals surface area (Å²) in [5, 5.41) is 1.74. The number of hydrogen-bond acceptors (Lipinski definition) is 3.